The highest BCUT2D eigenvalue weighted by atomic mass is 16.1. The number of nitriles is 1. The second-order valence-electron chi connectivity index (χ2n) is 4.19. The van der Waals surface area contributed by atoms with Crippen molar-refractivity contribution in [2.24, 2.45) is 0 Å². The Kier molecular flexibility index (Phi) is 3.94. The second kappa shape index (κ2) is 5.83. The van der Waals surface area contributed by atoms with E-state index in [1.807, 2.05) is 19.1 Å². The maximum Gasteiger partial charge on any atom is 0.226 e. The average molecular weight is 254 g/mol. The molecule has 5 nitrogen and oxygen atoms in total. The van der Waals surface area contributed by atoms with E-state index in [1.165, 1.54) is 0 Å². The smallest absolute Gasteiger partial charge is 0.226 e. The van der Waals surface area contributed by atoms with Gasteiger partial charge in [0, 0.05) is 30.5 Å². The van der Waals surface area contributed by atoms with E-state index in [1.54, 1.807) is 35.1 Å². The van der Waals surface area contributed by atoms with Gasteiger partial charge in [-0.2, -0.15) is 10.4 Å². The van der Waals surface area contributed by atoms with Gasteiger partial charge in [-0.15, -0.1) is 0 Å². The summed E-state index contributed by atoms with van der Waals surface area (Å²) >= 11 is 0. The molecule has 96 valence electrons. The normalized spacial score (nSPS) is 9.89. The molecule has 0 radical (unpaired) electrons. The van der Waals surface area contributed by atoms with Gasteiger partial charge in [-0.1, -0.05) is 6.07 Å². The standard InChI is InChI=1S/C14H14N4O/c1-11-5-7-16-18(11)8-6-14(19)17-13-4-2-3-12(9-13)10-15/h2-5,7,9H,6,8H2,1H3,(H,17,19). The van der Waals surface area contributed by atoms with Gasteiger partial charge in [0.25, 0.3) is 0 Å². The molecule has 0 saturated heterocycles. The maximum absolute atomic E-state index is 11.8. The lowest BCUT2D eigenvalue weighted by Crippen LogP contribution is -2.15. The third-order valence-electron chi connectivity index (χ3n) is 2.76. The molecule has 1 amide bonds. The molecule has 0 unspecified atom stereocenters. The highest BCUT2D eigenvalue weighted by Crippen LogP contribution is 2.10. The number of nitrogens with zero attached hydrogens (tertiary/aromatic N) is 3. The number of hydrogen-bond donors (Lipinski definition) is 1. The van der Waals surface area contributed by atoms with Gasteiger partial charge in [-0.05, 0) is 31.2 Å². The van der Waals surface area contributed by atoms with E-state index < -0.39 is 0 Å². The van der Waals surface area contributed by atoms with E-state index in [9.17, 15) is 4.79 Å². The van der Waals surface area contributed by atoms with E-state index in [0.717, 1.165) is 5.69 Å². The van der Waals surface area contributed by atoms with Crippen LogP contribution in [0.1, 0.15) is 17.7 Å². The van der Waals surface area contributed by atoms with Crippen molar-refractivity contribution in [2.45, 2.75) is 19.9 Å². The molecule has 0 bridgehead atoms. The molecule has 0 aliphatic heterocycles. The first kappa shape index (κ1) is 12.8. The Balaban J connectivity index is 1.91. The molecule has 19 heavy (non-hydrogen) atoms. The van der Waals surface area contributed by atoms with Crippen LogP contribution in [0.25, 0.3) is 0 Å². The molecule has 1 heterocycles. The van der Waals surface area contributed by atoms with Crippen LogP contribution in [0.5, 0.6) is 0 Å². The largest absolute Gasteiger partial charge is 0.326 e. The third-order valence-corrected chi connectivity index (χ3v) is 2.76. The number of amides is 1. The number of benzene rings is 1. The van der Waals surface area contributed by atoms with Crippen molar-refractivity contribution in [1.29, 1.82) is 5.26 Å². The van der Waals surface area contributed by atoms with Crippen LogP contribution in [0.4, 0.5) is 5.69 Å². The molecule has 0 saturated carbocycles. The first-order valence-corrected chi connectivity index (χ1v) is 5.97. The Morgan fingerprint density at radius 1 is 1.47 bits per heavy atom. The van der Waals surface area contributed by atoms with Crippen molar-refractivity contribution in [3.05, 3.63) is 47.8 Å². The van der Waals surface area contributed by atoms with Gasteiger partial charge in [-0.25, -0.2) is 0 Å². The third kappa shape index (κ3) is 3.42. The first-order chi connectivity index (χ1) is 9.19. The van der Waals surface area contributed by atoms with E-state index >= 15 is 0 Å². The highest BCUT2D eigenvalue weighted by Gasteiger charge is 2.05. The van der Waals surface area contributed by atoms with Crippen molar-refractivity contribution in [2.75, 3.05) is 5.32 Å². The Morgan fingerprint density at radius 2 is 2.32 bits per heavy atom. The first-order valence-electron chi connectivity index (χ1n) is 5.97. The van der Waals surface area contributed by atoms with Gasteiger partial charge in [0.1, 0.15) is 0 Å². The van der Waals surface area contributed by atoms with Crippen molar-refractivity contribution < 1.29 is 4.79 Å². The van der Waals surface area contributed by atoms with E-state index in [4.69, 9.17) is 5.26 Å². The van der Waals surface area contributed by atoms with Crippen LogP contribution in [-0.2, 0) is 11.3 Å². The number of hydrogen-bond acceptors (Lipinski definition) is 3. The molecule has 2 aromatic rings. The van der Waals surface area contributed by atoms with Gasteiger partial charge >= 0.3 is 0 Å². The summed E-state index contributed by atoms with van der Waals surface area (Å²) in [6.07, 6.45) is 2.06. The predicted octanol–water partition coefficient (Wildman–Crippen LogP) is 2.09. The molecule has 0 aliphatic rings. The highest BCUT2D eigenvalue weighted by molar-refractivity contribution is 5.90. The molecule has 1 aromatic carbocycles. The van der Waals surface area contributed by atoms with Crippen LogP contribution in [-0.4, -0.2) is 15.7 Å². The predicted molar refractivity (Wildman–Crippen MR) is 71.4 cm³/mol. The van der Waals surface area contributed by atoms with Crippen LogP contribution in [0.3, 0.4) is 0 Å². The fourth-order valence-corrected chi connectivity index (χ4v) is 1.73. The lowest BCUT2D eigenvalue weighted by atomic mass is 10.2. The molecule has 0 aliphatic carbocycles. The summed E-state index contributed by atoms with van der Waals surface area (Å²) in [6, 6.07) is 10.8. The number of anilines is 1. The van der Waals surface area contributed by atoms with Gasteiger partial charge in [-0.3, -0.25) is 9.48 Å². The Labute approximate surface area is 111 Å². The summed E-state index contributed by atoms with van der Waals surface area (Å²) in [7, 11) is 0. The number of aromatic nitrogens is 2. The fourth-order valence-electron chi connectivity index (χ4n) is 1.73. The zero-order valence-corrected chi connectivity index (χ0v) is 10.6. The SMILES string of the molecule is Cc1ccnn1CCC(=O)Nc1cccc(C#N)c1. The number of carbonyl (C=O) groups excluding carboxylic acids is 1. The minimum atomic E-state index is -0.0926. The van der Waals surface area contributed by atoms with Crippen LogP contribution in [0, 0.1) is 18.3 Å². The molecule has 1 aromatic heterocycles. The summed E-state index contributed by atoms with van der Waals surface area (Å²) in [4.78, 5) is 11.8. The van der Waals surface area contributed by atoms with E-state index in [-0.39, 0.29) is 5.91 Å². The van der Waals surface area contributed by atoms with E-state index in [0.29, 0.717) is 24.2 Å². The molecule has 5 heteroatoms. The Morgan fingerprint density at radius 3 is 3.00 bits per heavy atom. The number of rotatable bonds is 4. The molecular weight excluding hydrogens is 240 g/mol. The summed E-state index contributed by atoms with van der Waals surface area (Å²) in [5.74, 6) is -0.0926. The fraction of sp³-hybridized carbons (Fsp3) is 0.214. The molecule has 0 spiro atoms. The quantitative estimate of drug-likeness (QED) is 0.908. The monoisotopic (exact) mass is 254 g/mol. The summed E-state index contributed by atoms with van der Waals surface area (Å²) in [6.45, 7) is 2.49. The molecular formula is C14H14N4O. The number of nitrogens with one attached hydrogen (secondary N) is 1. The van der Waals surface area contributed by atoms with E-state index in [2.05, 4.69) is 10.4 Å². The number of carbonyl (C=O) groups is 1. The topological polar surface area (TPSA) is 70.7 Å². The summed E-state index contributed by atoms with van der Waals surface area (Å²) in [5, 5.41) is 15.7. The van der Waals surface area contributed by atoms with Crippen LogP contribution >= 0.6 is 0 Å². The minimum Gasteiger partial charge on any atom is -0.326 e. The zero-order chi connectivity index (χ0) is 13.7. The Hall–Kier alpha value is -2.61. The molecule has 0 atom stereocenters. The van der Waals surface area contributed by atoms with Crippen molar-refractivity contribution in [1.82, 2.24) is 9.78 Å². The Bertz CT molecular complexity index is 624. The molecule has 1 N–H and O–H groups in total. The second-order valence-corrected chi connectivity index (χ2v) is 4.19. The van der Waals surface area contributed by atoms with Gasteiger partial charge in [0.05, 0.1) is 11.6 Å². The van der Waals surface area contributed by atoms with Crippen molar-refractivity contribution in [3.8, 4) is 6.07 Å². The van der Waals surface area contributed by atoms with Gasteiger partial charge in [0.15, 0.2) is 0 Å². The maximum atomic E-state index is 11.8. The zero-order valence-electron chi connectivity index (χ0n) is 10.6. The van der Waals surface area contributed by atoms with Gasteiger partial charge < -0.3 is 5.32 Å². The summed E-state index contributed by atoms with van der Waals surface area (Å²) in [5.41, 5.74) is 2.20. The van der Waals surface area contributed by atoms with Crippen molar-refractivity contribution in [3.63, 3.8) is 0 Å². The lowest BCUT2D eigenvalue weighted by Gasteiger charge is -2.06. The van der Waals surface area contributed by atoms with Crippen LogP contribution < -0.4 is 5.32 Å². The lowest BCUT2D eigenvalue weighted by molar-refractivity contribution is -0.116. The molecule has 0 fully saturated rings. The molecule has 2 rings (SSSR count). The number of aryl methyl sites for hydroxylation is 2. The van der Waals surface area contributed by atoms with Crippen molar-refractivity contribution >= 4 is 11.6 Å². The summed E-state index contributed by atoms with van der Waals surface area (Å²) < 4.78 is 1.78. The van der Waals surface area contributed by atoms with Crippen LogP contribution in [0.15, 0.2) is 36.5 Å². The van der Waals surface area contributed by atoms with Crippen LogP contribution in [0.2, 0.25) is 0 Å². The minimum absolute atomic E-state index is 0.0926. The van der Waals surface area contributed by atoms with Gasteiger partial charge in [0.2, 0.25) is 5.91 Å². The average Bonchev–Trinajstić information content (AvgIpc) is 2.82.